The number of para-hydroxylation sites is 1. The number of benzene rings is 1. The Morgan fingerprint density at radius 3 is 2.90 bits per heavy atom. The Morgan fingerprint density at radius 2 is 2.15 bits per heavy atom. The highest BCUT2D eigenvalue weighted by Crippen LogP contribution is 2.24. The predicted molar refractivity (Wildman–Crippen MR) is 84.9 cm³/mol. The molecule has 2 rings (SSSR count). The van der Waals surface area contributed by atoms with Gasteiger partial charge in [0.15, 0.2) is 5.78 Å². The number of Topliss-reactive ketones (excluding diaryl/α,β-unsaturated/α-hetero) is 1. The minimum absolute atomic E-state index is 0.0527. The van der Waals surface area contributed by atoms with Crippen molar-refractivity contribution < 1.29 is 9.53 Å². The number of ketones is 1. The second kappa shape index (κ2) is 7.14. The normalized spacial score (nSPS) is 23.6. The van der Waals surface area contributed by atoms with Gasteiger partial charge in [-0.3, -0.25) is 9.69 Å². The van der Waals surface area contributed by atoms with Crippen molar-refractivity contribution in [1.29, 1.82) is 0 Å². The molecule has 1 aliphatic heterocycles. The lowest BCUT2D eigenvalue weighted by molar-refractivity contribution is 0.101. The molecule has 1 fully saturated rings. The molecule has 3 nitrogen and oxygen atoms in total. The highest BCUT2D eigenvalue weighted by atomic mass is 32.2. The van der Waals surface area contributed by atoms with Gasteiger partial charge in [0.25, 0.3) is 0 Å². The van der Waals surface area contributed by atoms with Gasteiger partial charge in [-0.05, 0) is 26.0 Å². The van der Waals surface area contributed by atoms with Gasteiger partial charge in [0.1, 0.15) is 12.4 Å². The van der Waals surface area contributed by atoms with Crippen molar-refractivity contribution in [3.63, 3.8) is 0 Å². The fraction of sp³-hybridized carbons (Fsp3) is 0.562. The predicted octanol–water partition coefficient (Wildman–Crippen LogP) is 3.09. The van der Waals surface area contributed by atoms with Gasteiger partial charge in [-0.15, -0.1) is 0 Å². The summed E-state index contributed by atoms with van der Waals surface area (Å²) in [6, 6.07) is 8.05. The van der Waals surface area contributed by atoms with Crippen LogP contribution in [0.15, 0.2) is 24.3 Å². The number of nitrogens with zero attached hydrogens (tertiary/aromatic N) is 1. The number of ether oxygens (including phenoxy) is 1. The highest BCUT2D eigenvalue weighted by molar-refractivity contribution is 8.00. The molecule has 0 spiro atoms. The number of rotatable bonds is 5. The van der Waals surface area contributed by atoms with Gasteiger partial charge < -0.3 is 4.74 Å². The number of hydrogen-bond donors (Lipinski definition) is 0. The maximum absolute atomic E-state index is 11.5. The third kappa shape index (κ3) is 3.76. The Balaban J connectivity index is 1.88. The summed E-state index contributed by atoms with van der Waals surface area (Å²) in [5.74, 6) is 1.94. The van der Waals surface area contributed by atoms with Gasteiger partial charge in [0, 0.05) is 30.1 Å². The maximum Gasteiger partial charge on any atom is 0.163 e. The molecule has 110 valence electrons. The molecule has 1 aliphatic rings. The van der Waals surface area contributed by atoms with Gasteiger partial charge in [0.2, 0.25) is 0 Å². The molecular formula is C16H23NO2S. The first-order chi connectivity index (χ1) is 9.59. The summed E-state index contributed by atoms with van der Waals surface area (Å²) in [6.07, 6.45) is 0. The molecular weight excluding hydrogens is 270 g/mol. The number of hydrogen-bond acceptors (Lipinski definition) is 4. The summed E-state index contributed by atoms with van der Waals surface area (Å²) >= 11 is 2.04. The Morgan fingerprint density at radius 1 is 1.40 bits per heavy atom. The summed E-state index contributed by atoms with van der Waals surface area (Å²) in [4.78, 5) is 14.0. The van der Waals surface area contributed by atoms with Crippen molar-refractivity contribution in [2.24, 2.45) is 0 Å². The quantitative estimate of drug-likeness (QED) is 0.780. The summed E-state index contributed by atoms with van der Waals surface area (Å²) in [5, 5.41) is 0.674. The van der Waals surface area contributed by atoms with Crippen LogP contribution in [0.1, 0.15) is 31.1 Å². The Kier molecular flexibility index (Phi) is 5.49. The first kappa shape index (κ1) is 15.4. The standard InChI is InChI=1S/C16H23NO2S/c1-12-14(3)20-11-9-17(12)8-10-19-16-7-5-4-6-15(16)13(2)18/h4-7,12,14H,8-11H2,1-3H3. The van der Waals surface area contributed by atoms with Crippen LogP contribution >= 0.6 is 11.8 Å². The first-order valence-corrected chi connectivity index (χ1v) is 8.23. The third-order valence-corrected chi connectivity index (χ3v) is 5.25. The lowest BCUT2D eigenvalue weighted by atomic mass is 10.1. The molecule has 0 aromatic heterocycles. The van der Waals surface area contributed by atoms with E-state index in [1.807, 2.05) is 36.0 Å². The van der Waals surface area contributed by atoms with Crippen LogP contribution in [0.25, 0.3) is 0 Å². The van der Waals surface area contributed by atoms with Crippen LogP contribution in [0, 0.1) is 0 Å². The van der Waals surface area contributed by atoms with E-state index in [4.69, 9.17) is 4.74 Å². The molecule has 0 aliphatic carbocycles. The first-order valence-electron chi connectivity index (χ1n) is 7.18. The topological polar surface area (TPSA) is 29.5 Å². The summed E-state index contributed by atoms with van der Waals surface area (Å²) in [7, 11) is 0. The molecule has 1 saturated heterocycles. The van der Waals surface area contributed by atoms with E-state index in [0.29, 0.717) is 29.2 Å². The van der Waals surface area contributed by atoms with Crippen LogP contribution < -0.4 is 4.74 Å². The summed E-state index contributed by atoms with van der Waals surface area (Å²) < 4.78 is 5.82. The van der Waals surface area contributed by atoms with Crippen LogP contribution in [0.4, 0.5) is 0 Å². The number of thioether (sulfide) groups is 1. The van der Waals surface area contributed by atoms with E-state index < -0.39 is 0 Å². The van der Waals surface area contributed by atoms with E-state index in [1.165, 1.54) is 5.75 Å². The minimum atomic E-state index is 0.0527. The van der Waals surface area contributed by atoms with Crippen molar-refractivity contribution in [2.45, 2.75) is 32.1 Å². The second-order valence-electron chi connectivity index (χ2n) is 5.25. The van der Waals surface area contributed by atoms with Crippen molar-refractivity contribution in [1.82, 2.24) is 4.90 Å². The smallest absolute Gasteiger partial charge is 0.163 e. The zero-order valence-electron chi connectivity index (χ0n) is 12.5. The Bertz CT molecular complexity index is 464. The summed E-state index contributed by atoms with van der Waals surface area (Å²) in [6.45, 7) is 8.81. The van der Waals surface area contributed by atoms with E-state index in [9.17, 15) is 4.79 Å². The van der Waals surface area contributed by atoms with Gasteiger partial charge >= 0.3 is 0 Å². The van der Waals surface area contributed by atoms with Crippen molar-refractivity contribution >= 4 is 17.5 Å². The molecule has 0 bridgehead atoms. The highest BCUT2D eigenvalue weighted by Gasteiger charge is 2.24. The van der Waals surface area contributed by atoms with E-state index >= 15 is 0 Å². The van der Waals surface area contributed by atoms with Crippen molar-refractivity contribution in [3.8, 4) is 5.75 Å². The van der Waals surface area contributed by atoms with Gasteiger partial charge in [0.05, 0.1) is 5.56 Å². The van der Waals surface area contributed by atoms with E-state index in [-0.39, 0.29) is 5.78 Å². The zero-order chi connectivity index (χ0) is 14.5. The maximum atomic E-state index is 11.5. The largest absolute Gasteiger partial charge is 0.491 e. The molecule has 20 heavy (non-hydrogen) atoms. The third-order valence-electron chi connectivity index (χ3n) is 3.92. The molecule has 2 atom stereocenters. The van der Waals surface area contributed by atoms with E-state index in [1.54, 1.807) is 6.92 Å². The number of carbonyl (C=O) groups excluding carboxylic acids is 1. The lowest BCUT2D eigenvalue weighted by Crippen LogP contribution is -2.46. The lowest BCUT2D eigenvalue weighted by Gasteiger charge is -2.37. The zero-order valence-corrected chi connectivity index (χ0v) is 13.3. The van der Waals surface area contributed by atoms with E-state index in [0.717, 1.165) is 13.1 Å². The number of carbonyl (C=O) groups is 1. The van der Waals surface area contributed by atoms with Gasteiger partial charge in [-0.25, -0.2) is 0 Å². The van der Waals surface area contributed by atoms with Crippen LogP contribution in [0.5, 0.6) is 5.75 Å². The second-order valence-corrected chi connectivity index (χ2v) is 6.74. The molecule has 1 heterocycles. The fourth-order valence-electron chi connectivity index (χ4n) is 2.47. The molecule has 0 saturated carbocycles. The fourth-order valence-corrected chi connectivity index (χ4v) is 3.63. The molecule has 1 aromatic rings. The molecule has 2 unspecified atom stereocenters. The van der Waals surface area contributed by atoms with Crippen molar-refractivity contribution in [3.05, 3.63) is 29.8 Å². The molecule has 0 radical (unpaired) electrons. The van der Waals surface area contributed by atoms with Gasteiger partial charge in [-0.2, -0.15) is 11.8 Å². The van der Waals surface area contributed by atoms with Gasteiger partial charge in [-0.1, -0.05) is 19.1 Å². The SMILES string of the molecule is CC(=O)c1ccccc1OCCN1CCSC(C)C1C. The summed E-state index contributed by atoms with van der Waals surface area (Å²) in [5.41, 5.74) is 0.670. The monoisotopic (exact) mass is 293 g/mol. The van der Waals surface area contributed by atoms with Crippen LogP contribution in [0.2, 0.25) is 0 Å². The van der Waals surface area contributed by atoms with Crippen LogP contribution in [0.3, 0.4) is 0 Å². The molecule has 1 aromatic carbocycles. The minimum Gasteiger partial charge on any atom is -0.491 e. The molecule has 4 heteroatoms. The van der Waals surface area contributed by atoms with Crippen molar-refractivity contribution in [2.75, 3.05) is 25.4 Å². The van der Waals surface area contributed by atoms with Crippen LogP contribution in [-0.4, -0.2) is 47.4 Å². The average molecular weight is 293 g/mol. The molecule has 0 N–H and O–H groups in total. The average Bonchev–Trinajstić information content (AvgIpc) is 2.44. The molecule has 0 amide bonds. The Labute approximate surface area is 125 Å². The Hall–Kier alpha value is -1.00. The van der Waals surface area contributed by atoms with Crippen LogP contribution in [-0.2, 0) is 0 Å². The van der Waals surface area contributed by atoms with E-state index in [2.05, 4.69) is 18.7 Å².